The van der Waals surface area contributed by atoms with E-state index >= 15 is 0 Å². The second-order valence-electron chi connectivity index (χ2n) is 2.51. The molecule has 0 bridgehead atoms. The van der Waals surface area contributed by atoms with E-state index in [1.165, 1.54) is 0 Å². The number of nitrogens with one attached hydrogen (secondary N) is 1. The van der Waals surface area contributed by atoms with Crippen molar-refractivity contribution < 1.29 is 0 Å². The maximum Gasteiger partial charge on any atom is 0.00161 e. The van der Waals surface area contributed by atoms with E-state index < -0.39 is 0 Å². The van der Waals surface area contributed by atoms with E-state index in [1.807, 2.05) is 0 Å². The molecule has 8 heavy (non-hydrogen) atoms. The summed E-state index contributed by atoms with van der Waals surface area (Å²) in [5.41, 5.74) is 0.167. The number of hydrogen-bond acceptors (Lipinski definition) is 1. The maximum atomic E-state index is 7.03. The fourth-order valence-corrected chi connectivity index (χ4v) is 0.454. The Morgan fingerprint density at radius 1 is 1.38 bits per heavy atom. The molecule has 1 N–H and O–H groups in total. The Morgan fingerprint density at radius 2 is 1.75 bits per heavy atom. The highest BCUT2D eigenvalue weighted by Gasteiger charge is 2.14. The van der Waals surface area contributed by atoms with Crippen LogP contribution < -0.4 is 0 Å². The Balaban J connectivity index is 3.76. The molecule has 0 heterocycles. The van der Waals surface area contributed by atoms with Crippen molar-refractivity contribution >= 4 is 6.21 Å². The Morgan fingerprint density at radius 3 is 1.75 bits per heavy atom. The average Bonchev–Trinajstić information content (AvgIpc) is 1.87. The smallest absolute Gasteiger partial charge is 0.00161 e. The summed E-state index contributed by atoms with van der Waals surface area (Å²) < 4.78 is 0. The van der Waals surface area contributed by atoms with Gasteiger partial charge in [0.1, 0.15) is 0 Å². The SMILES string of the molecule is CCC(C)(C=N)CC. The molecule has 0 fully saturated rings. The highest BCUT2D eigenvalue weighted by molar-refractivity contribution is 5.61. The van der Waals surface area contributed by atoms with E-state index in [9.17, 15) is 0 Å². The molecule has 0 aromatic rings. The van der Waals surface area contributed by atoms with Gasteiger partial charge >= 0.3 is 0 Å². The highest BCUT2D eigenvalue weighted by Crippen LogP contribution is 2.21. The number of rotatable bonds is 3. The zero-order valence-electron chi connectivity index (χ0n) is 5.99. The molecular formula is C7H15N. The standard InChI is InChI=1S/C7H15N/c1-4-7(3,5-2)6-8/h6,8H,4-5H2,1-3H3. The van der Waals surface area contributed by atoms with Gasteiger partial charge in [-0.15, -0.1) is 0 Å². The monoisotopic (exact) mass is 113 g/mol. The van der Waals surface area contributed by atoms with Gasteiger partial charge in [-0.05, 0) is 12.8 Å². The summed E-state index contributed by atoms with van der Waals surface area (Å²) in [5, 5.41) is 7.03. The summed E-state index contributed by atoms with van der Waals surface area (Å²) in [5.74, 6) is 0. The maximum absolute atomic E-state index is 7.03. The molecule has 0 aliphatic rings. The summed E-state index contributed by atoms with van der Waals surface area (Å²) in [7, 11) is 0. The van der Waals surface area contributed by atoms with Gasteiger partial charge in [-0.25, -0.2) is 0 Å². The lowest BCUT2D eigenvalue weighted by molar-refractivity contribution is 0.442. The Kier molecular flexibility index (Phi) is 2.74. The minimum Gasteiger partial charge on any atom is -0.313 e. The van der Waals surface area contributed by atoms with Crippen LogP contribution in [0.3, 0.4) is 0 Å². The first kappa shape index (κ1) is 7.67. The van der Waals surface area contributed by atoms with E-state index in [4.69, 9.17) is 5.41 Å². The lowest BCUT2D eigenvalue weighted by atomic mass is 9.86. The third kappa shape index (κ3) is 1.65. The molecule has 0 aromatic carbocycles. The number of hydrogen-bond donors (Lipinski definition) is 1. The predicted octanol–water partition coefficient (Wildman–Crippen LogP) is 2.46. The average molecular weight is 113 g/mol. The molecule has 0 atom stereocenters. The first-order chi connectivity index (χ1) is 3.68. The molecule has 0 rings (SSSR count). The van der Waals surface area contributed by atoms with Crippen molar-refractivity contribution in [1.82, 2.24) is 0 Å². The Hall–Kier alpha value is -0.330. The summed E-state index contributed by atoms with van der Waals surface area (Å²) in [4.78, 5) is 0. The van der Waals surface area contributed by atoms with Crippen molar-refractivity contribution in [3.05, 3.63) is 0 Å². The largest absolute Gasteiger partial charge is 0.313 e. The molecule has 0 aliphatic heterocycles. The molecule has 1 nitrogen and oxygen atoms in total. The normalized spacial score (nSPS) is 11.4. The zero-order valence-corrected chi connectivity index (χ0v) is 5.99. The van der Waals surface area contributed by atoms with Crippen LogP contribution in [0.1, 0.15) is 33.6 Å². The van der Waals surface area contributed by atoms with E-state index in [2.05, 4.69) is 20.8 Å². The van der Waals surface area contributed by atoms with Crippen LogP contribution >= 0.6 is 0 Å². The molecule has 0 saturated heterocycles. The van der Waals surface area contributed by atoms with Gasteiger partial charge in [0.2, 0.25) is 0 Å². The van der Waals surface area contributed by atoms with Crippen LogP contribution in [0.5, 0.6) is 0 Å². The molecule has 0 radical (unpaired) electrons. The Labute approximate surface area is 51.6 Å². The minimum absolute atomic E-state index is 0.167. The van der Waals surface area contributed by atoms with Gasteiger partial charge in [0, 0.05) is 11.6 Å². The van der Waals surface area contributed by atoms with Crippen LogP contribution in [0.15, 0.2) is 0 Å². The van der Waals surface area contributed by atoms with Crippen LogP contribution in [0.4, 0.5) is 0 Å². The third-order valence-electron chi connectivity index (χ3n) is 1.96. The van der Waals surface area contributed by atoms with Gasteiger partial charge in [0.05, 0.1) is 0 Å². The zero-order chi connectivity index (χ0) is 6.62. The first-order valence-electron chi connectivity index (χ1n) is 3.20. The molecule has 0 spiro atoms. The quantitative estimate of drug-likeness (QED) is 0.544. The molecule has 0 unspecified atom stereocenters. The van der Waals surface area contributed by atoms with E-state index in [1.54, 1.807) is 6.21 Å². The predicted molar refractivity (Wildman–Crippen MR) is 37.5 cm³/mol. The van der Waals surface area contributed by atoms with Gasteiger partial charge < -0.3 is 5.41 Å². The van der Waals surface area contributed by atoms with Crippen molar-refractivity contribution in [2.24, 2.45) is 5.41 Å². The second kappa shape index (κ2) is 2.85. The molecule has 48 valence electrons. The van der Waals surface area contributed by atoms with Crippen LogP contribution in [-0.2, 0) is 0 Å². The van der Waals surface area contributed by atoms with Crippen LogP contribution in [0.2, 0.25) is 0 Å². The summed E-state index contributed by atoms with van der Waals surface area (Å²) in [6, 6.07) is 0. The topological polar surface area (TPSA) is 23.9 Å². The molecule has 1 heteroatoms. The van der Waals surface area contributed by atoms with Gasteiger partial charge in [-0.1, -0.05) is 20.8 Å². The Bertz CT molecular complexity index is 72.5. The van der Waals surface area contributed by atoms with Crippen LogP contribution in [0.25, 0.3) is 0 Å². The van der Waals surface area contributed by atoms with Crippen molar-refractivity contribution in [1.29, 1.82) is 5.41 Å². The van der Waals surface area contributed by atoms with Crippen molar-refractivity contribution in [3.63, 3.8) is 0 Å². The van der Waals surface area contributed by atoms with E-state index in [0.29, 0.717) is 0 Å². The third-order valence-corrected chi connectivity index (χ3v) is 1.96. The van der Waals surface area contributed by atoms with Gasteiger partial charge in [-0.2, -0.15) is 0 Å². The fraction of sp³-hybridized carbons (Fsp3) is 0.857. The van der Waals surface area contributed by atoms with Crippen molar-refractivity contribution in [2.45, 2.75) is 33.6 Å². The molecular weight excluding hydrogens is 98.1 g/mol. The van der Waals surface area contributed by atoms with Crippen molar-refractivity contribution in [2.75, 3.05) is 0 Å². The second-order valence-corrected chi connectivity index (χ2v) is 2.51. The lowest BCUT2D eigenvalue weighted by Gasteiger charge is -2.19. The van der Waals surface area contributed by atoms with Crippen LogP contribution in [0, 0.1) is 10.8 Å². The molecule has 0 amide bonds. The van der Waals surface area contributed by atoms with Gasteiger partial charge in [0.25, 0.3) is 0 Å². The molecule has 0 saturated carbocycles. The lowest BCUT2D eigenvalue weighted by Crippen LogP contribution is -2.14. The fourth-order valence-electron chi connectivity index (χ4n) is 0.454. The van der Waals surface area contributed by atoms with Crippen molar-refractivity contribution in [3.8, 4) is 0 Å². The highest BCUT2D eigenvalue weighted by atomic mass is 14.4. The minimum atomic E-state index is 0.167. The van der Waals surface area contributed by atoms with E-state index in [-0.39, 0.29) is 5.41 Å². The van der Waals surface area contributed by atoms with Gasteiger partial charge in [0.15, 0.2) is 0 Å². The summed E-state index contributed by atoms with van der Waals surface area (Å²) in [6.45, 7) is 6.35. The summed E-state index contributed by atoms with van der Waals surface area (Å²) in [6.07, 6.45) is 3.70. The molecule has 0 aromatic heterocycles. The van der Waals surface area contributed by atoms with E-state index in [0.717, 1.165) is 12.8 Å². The first-order valence-corrected chi connectivity index (χ1v) is 3.20. The van der Waals surface area contributed by atoms with Crippen LogP contribution in [-0.4, -0.2) is 6.21 Å². The molecule has 0 aliphatic carbocycles. The van der Waals surface area contributed by atoms with Gasteiger partial charge in [-0.3, -0.25) is 0 Å². The summed E-state index contributed by atoms with van der Waals surface area (Å²) >= 11 is 0.